The van der Waals surface area contributed by atoms with E-state index >= 15 is 0 Å². The Balaban J connectivity index is 1.99. The monoisotopic (exact) mass is 200 g/mol. The Labute approximate surface area is 83.6 Å². The van der Waals surface area contributed by atoms with E-state index in [9.17, 15) is 9.59 Å². The van der Waals surface area contributed by atoms with Gasteiger partial charge in [-0.2, -0.15) is 0 Å². The van der Waals surface area contributed by atoms with Crippen molar-refractivity contribution in [2.24, 2.45) is 0 Å². The molecule has 0 spiro atoms. The summed E-state index contributed by atoms with van der Waals surface area (Å²) in [6, 6.07) is 0. The van der Waals surface area contributed by atoms with E-state index in [0.717, 1.165) is 19.4 Å². The fraction of sp³-hybridized carbons (Fsp3) is 0.800. The van der Waals surface area contributed by atoms with E-state index in [1.165, 1.54) is 0 Å². The summed E-state index contributed by atoms with van der Waals surface area (Å²) in [4.78, 5) is 22.1. The molecule has 0 amide bonds. The van der Waals surface area contributed by atoms with Gasteiger partial charge in [-0.3, -0.25) is 9.59 Å². The van der Waals surface area contributed by atoms with Gasteiger partial charge in [0.05, 0.1) is 19.3 Å². The summed E-state index contributed by atoms with van der Waals surface area (Å²) in [7, 11) is 0. The van der Waals surface area contributed by atoms with Crippen molar-refractivity contribution in [3.8, 4) is 0 Å². The summed E-state index contributed by atoms with van der Waals surface area (Å²) in [6.45, 7) is 2.89. The molecule has 1 aliphatic heterocycles. The van der Waals surface area contributed by atoms with Crippen LogP contribution in [-0.2, 0) is 19.1 Å². The van der Waals surface area contributed by atoms with Gasteiger partial charge in [-0.1, -0.05) is 0 Å². The third-order valence-electron chi connectivity index (χ3n) is 2.03. The van der Waals surface area contributed by atoms with Crippen LogP contribution in [0.4, 0.5) is 0 Å². The lowest BCUT2D eigenvalue weighted by atomic mass is 10.1. The molecule has 1 heterocycles. The molecular weight excluding hydrogens is 184 g/mol. The molecule has 1 saturated heterocycles. The number of hydrogen-bond acceptors (Lipinski definition) is 4. The molecule has 0 N–H and O–H groups in total. The predicted octanol–water partition coefficient (Wildman–Crippen LogP) is 1.08. The maximum Gasteiger partial charge on any atom is 0.313 e. The van der Waals surface area contributed by atoms with E-state index in [-0.39, 0.29) is 12.2 Å². The highest BCUT2D eigenvalue weighted by Crippen LogP contribution is 2.16. The molecule has 4 nitrogen and oxygen atoms in total. The highest BCUT2D eigenvalue weighted by Gasteiger charge is 2.22. The summed E-state index contributed by atoms with van der Waals surface area (Å²) >= 11 is 0. The highest BCUT2D eigenvalue weighted by atomic mass is 16.6. The summed E-state index contributed by atoms with van der Waals surface area (Å²) in [5.74, 6) is -0.454. The maximum atomic E-state index is 11.2. The number of epoxide rings is 1. The minimum atomic E-state index is -0.417. The fourth-order valence-electron chi connectivity index (χ4n) is 1.22. The van der Waals surface area contributed by atoms with Crippen LogP contribution in [-0.4, -0.2) is 31.1 Å². The molecule has 1 atom stereocenters. The molecule has 0 radical (unpaired) electrons. The number of esters is 1. The fourth-order valence-corrected chi connectivity index (χ4v) is 1.22. The molecule has 1 fully saturated rings. The van der Waals surface area contributed by atoms with Gasteiger partial charge in [0.1, 0.15) is 12.2 Å². The molecule has 0 saturated carbocycles. The molecule has 80 valence electrons. The number of carbonyl (C=O) groups excluding carboxylic acids is 2. The van der Waals surface area contributed by atoms with E-state index in [1.54, 1.807) is 6.92 Å². The highest BCUT2D eigenvalue weighted by molar-refractivity contribution is 5.95. The average molecular weight is 200 g/mol. The molecule has 0 aromatic rings. The second-order valence-electron chi connectivity index (χ2n) is 3.37. The summed E-state index contributed by atoms with van der Waals surface area (Å²) in [6.07, 6.45) is 2.47. The van der Waals surface area contributed by atoms with E-state index in [1.807, 2.05) is 0 Å². The van der Waals surface area contributed by atoms with Crippen molar-refractivity contribution < 1.29 is 19.1 Å². The van der Waals surface area contributed by atoms with Gasteiger partial charge >= 0.3 is 5.97 Å². The number of ether oxygens (including phenoxy) is 2. The summed E-state index contributed by atoms with van der Waals surface area (Å²) in [5, 5.41) is 0. The molecule has 0 aromatic heterocycles. The molecular formula is C10H16O4. The van der Waals surface area contributed by atoms with E-state index in [2.05, 4.69) is 4.74 Å². The van der Waals surface area contributed by atoms with Crippen LogP contribution >= 0.6 is 0 Å². The predicted molar refractivity (Wildman–Crippen MR) is 49.8 cm³/mol. The molecule has 1 rings (SSSR count). The average Bonchev–Trinajstić information content (AvgIpc) is 2.88. The zero-order valence-corrected chi connectivity index (χ0v) is 8.45. The molecule has 0 aromatic carbocycles. The largest absolute Gasteiger partial charge is 0.466 e. The second kappa shape index (κ2) is 5.75. The maximum absolute atomic E-state index is 11.2. The van der Waals surface area contributed by atoms with Crippen LogP contribution in [0.25, 0.3) is 0 Å². The van der Waals surface area contributed by atoms with Crippen molar-refractivity contribution in [3.63, 3.8) is 0 Å². The Morgan fingerprint density at radius 3 is 2.79 bits per heavy atom. The zero-order valence-electron chi connectivity index (χ0n) is 8.45. The zero-order chi connectivity index (χ0) is 10.4. The van der Waals surface area contributed by atoms with Crippen molar-refractivity contribution in [3.05, 3.63) is 0 Å². The molecule has 1 unspecified atom stereocenters. The van der Waals surface area contributed by atoms with Gasteiger partial charge in [0.15, 0.2) is 0 Å². The van der Waals surface area contributed by atoms with E-state index < -0.39 is 5.97 Å². The lowest BCUT2D eigenvalue weighted by Crippen LogP contribution is -2.11. The molecule has 4 heteroatoms. The van der Waals surface area contributed by atoms with Crippen molar-refractivity contribution >= 4 is 11.8 Å². The van der Waals surface area contributed by atoms with Gasteiger partial charge in [-0.05, 0) is 19.8 Å². The van der Waals surface area contributed by atoms with Crippen LogP contribution in [0.1, 0.15) is 32.6 Å². The lowest BCUT2D eigenvalue weighted by molar-refractivity contribution is -0.145. The topological polar surface area (TPSA) is 55.9 Å². The van der Waals surface area contributed by atoms with Crippen LogP contribution in [0.15, 0.2) is 0 Å². The number of ketones is 1. The Morgan fingerprint density at radius 2 is 2.21 bits per heavy atom. The quantitative estimate of drug-likeness (QED) is 0.350. The van der Waals surface area contributed by atoms with Crippen LogP contribution in [0, 0.1) is 0 Å². The third-order valence-corrected chi connectivity index (χ3v) is 2.03. The van der Waals surface area contributed by atoms with Crippen molar-refractivity contribution in [2.45, 2.75) is 38.7 Å². The minimum absolute atomic E-state index is 0.0379. The molecule has 1 aliphatic rings. The Bertz CT molecular complexity index is 208. The van der Waals surface area contributed by atoms with Crippen LogP contribution in [0.5, 0.6) is 0 Å². The Kier molecular flexibility index (Phi) is 4.59. The number of rotatable bonds is 7. The lowest BCUT2D eigenvalue weighted by Gasteiger charge is -2.00. The van der Waals surface area contributed by atoms with Crippen molar-refractivity contribution in [2.75, 3.05) is 13.2 Å². The van der Waals surface area contributed by atoms with Gasteiger partial charge in [0.25, 0.3) is 0 Å². The van der Waals surface area contributed by atoms with Crippen LogP contribution in [0.3, 0.4) is 0 Å². The van der Waals surface area contributed by atoms with Crippen molar-refractivity contribution in [1.29, 1.82) is 0 Å². The Hall–Kier alpha value is -0.900. The SMILES string of the molecule is CCOC(=O)CC(=O)CCCC1CO1. The van der Waals surface area contributed by atoms with Crippen LogP contribution in [0.2, 0.25) is 0 Å². The smallest absolute Gasteiger partial charge is 0.313 e. The summed E-state index contributed by atoms with van der Waals surface area (Å²) in [5.41, 5.74) is 0. The standard InChI is InChI=1S/C10H16O4/c1-2-13-10(12)6-8(11)4-3-5-9-7-14-9/h9H,2-7H2,1H3. The van der Waals surface area contributed by atoms with E-state index in [4.69, 9.17) is 4.74 Å². The van der Waals surface area contributed by atoms with Gasteiger partial charge in [-0.25, -0.2) is 0 Å². The first-order valence-corrected chi connectivity index (χ1v) is 5.01. The van der Waals surface area contributed by atoms with Crippen LogP contribution < -0.4 is 0 Å². The summed E-state index contributed by atoms with van der Waals surface area (Å²) < 4.78 is 9.67. The first kappa shape index (κ1) is 11.2. The second-order valence-corrected chi connectivity index (χ2v) is 3.37. The van der Waals surface area contributed by atoms with E-state index in [0.29, 0.717) is 19.1 Å². The number of Topliss-reactive ketones (excluding diaryl/α,β-unsaturated/α-hetero) is 1. The first-order chi connectivity index (χ1) is 6.72. The Morgan fingerprint density at radius 1 is 1.50 bits per heavy atom. The first-order valence-electron chi connectivity index (χ1n) is 5.01. The molecule has 14 heavy (non-hydrogen) atoms. The minimum Gasteiger partial charge on any atom is -0.466 e. The van der Waals surface area contributed by atoms with Crippen molar-refractivity contribution in [1.82, 2.24) is 0 Å². The van der Waals surface area contributed by atoms with Gasteiger partial charge in [-0.15, -0.1) is 0 Å². The number of carbonyl (C=O) groups is 2. The normalized spacial score (nSPS) is 19.1. The van der Waals surface area contributed by atoms with Gasteiger partial charge < -0.3 is 9.47 Å². The third kappa shape index (κ3) is 4.97. The van der Waals surface area contributed by atoms with Gasteiger partial charge in [0, 0.05) is 6.42 Å². The van der Waals surface area contributed by atoms with Gasteiger partial charge in [0.2, 0.25) is 0 Å². The number of hydrogen-bond donors (Lipinski definition) is 0. The molecule has 0 bridgehead atoms. The molecule has 0 aliphatic carbocycles.